The van der Waals surface area contributed by atoms with Crippen LogP contribution in [0.25, 0.3) is 0 Å². The predicted molar refractivity (Wildman–Crippen MR) is 231 cm³/mol. The second-order valence-electron chi connectivity index (χ2n) is 14.1. The molecule has 0 radical (unpaired) electrons. The topological polar surface area (TPSA) is 299 Å². The number of nitrogens with zero attached hydrogens (tertiary/aromatic N) is 2. The Hall–Kier alpha value is -8.61. The van der Waals surface area contributed by atoms with Gasteiger partial charge in [0.25, 0.3) is 0 Å². The normalized spacial score (nSPS) is 15.0. The van der Waals surface area contributed by atoms with Crippen molar-refractivity contribution in [2.24, 2.45) is 32.9 Å². The van der Waals surface area contributed by atoms with Gasteiger partial charge in [0.1, 0.15) is 35.1 Å². The molecule has 1 spiro atoms. The zero-order chi connectivity index (χ0) is 44.5. The lowest BCUT2D eigenvalue weighted by Gasteiger charge is -2.37. The van der Waals surface area contributed by atoms with E-state index in [-0.39, 0.29) is 72.2 Å². The molecule has 0 aromatic heterocycles. The molecular formula is C44H42N10O9. The van der Waals surface area contributed by atoms with E-state index in [2.05, 4.69) is 31.3 Å². The fraction of sp³-hybridized carbons (Fsp3) is 0.159. The van der Waals surface area contributed by atoms with Crippen LogP contribution in [0.1, 0.15) is 39.9 Å². The number of hydrogen-bond donors (Lipinski definition) is 8. The van der Waals surface area contributed by atoms with Crippen LogP contribution in [0.3, 0.4) is 0 Å². The number of anilines is 2. The number of benzene rings is 5. The number of aliphatic imine (C=N–C) groups is 2. The first-order valence-electron chi connectivity index (χ1n) is 19.5. The van der Waals surface area contributed by atoms with Crippen LogP contribution in [0.15, 0.2) is 131 Å². The van der Waals surface area contributed by atoms with Gasteiger partial charge in [0.15, 0.2) is 17.5 Å². The molecule has 63 heavy (non-hydrogen) atoms. The van der Waals surface area contributed by atoms with Crippen molar-refractivity contribution in [1.82, 2.24) is 10.6 Å². The molecule has 0 bridgehead atoms. The third kappa shape index (κ3) is 9.89. The number of ether oxygens (including phenoxy) is 4. The zero-order valence-corrected chi connectivity index (χ0v) is 33.4. The molecule has 5 aromatic rings. The number of guanidine groups is 2. The van der Waals surface area contributed by atoms with E-state index in [1.54, 1.807) is 109 Å². The van der Waals surface area contributed by atoms with Crippen LogP contribution in [0.4, 0.5) is 21.0 Å². The Morgan fingerprint density at radius 2 is 1.03 bits per heavy atom. The molecule has 12 N–H and O–H groups in total. The van der Waals surface area contributed by atoms with Gasteiger partial charge in [-0.15, -0.1) is 0 Å². The average molecular weight is 855 g/mol. The Morgan fingerprint density at radius 1 is 0.587 bits per heavy atom. The third-order valence-electron chi connectivity index (χ3n) is 9.80. The lowest BCUT2D eigenvalue weighted by atomic mass is 9.77. The zero-order valence-electron chi connectivity index (χ0n) is 33.4. The molecule has 4 amide bonds. The highest BCUT2D eigenvalue weighted by Crippen LogP contribution is 2.56. The van der Waals surface area contributed by atoms with E-state index in [1.807, 2.05) is 0 Å². The monoisotopic (exact) mass is 854 g/mol. The smallest absolute Gasteiger partial charge is 0.413 e. The molecule has 2 heterocycles. The molecule has 322 valence electrons. The van der Waals surface area contributed by atoms with Crippen LogP contribution in [0.5, 0.6) is 23.0 Å². The van der Waals surface area contributed by atoms with Crippen LogP contribution >= 0.6 is 0 Å². The molecule has 0 aliphatic carbocycles. The predicted octanol–water partition coefficient (Wildman–Crippen LogP) is 3.77. The SMILES string of the molecule is NC(N)=NCCC(NC(=O)Oc1ccccc1)C(=O)Nc1ccc2c(c1)Oc1cc(NC(=O)C(CCN=C(N)N)NC(=O)Oc3ccccc3)ccc1C21OC(=O)c2ccccc21. The summed E-state index contributed by atoms with van der Waals surface area (Å²) in [6.07, 6.45) is -1.76. The van der Waals surface area contributed by atoms with Gasteiger partial charge in [0, 0.05) is 53.3 Å². The van der Waals surface area contributed by atoms with E-state index in [9.17, 15) is 24.0 Å². The number of esters is 1. The Morgan fingerprint density at radius 3 is 1.49 bits per heavy atom. The van der Waals surface area contributed by atoms with E-state index >= 15 is 0 Å². The van der Waals surface area contributed by atoms with Gasteiger partial charge >= 0.3 is 18.2 Å². The summed E-state index contributed by atoms with van der Waals surface area (Å²) in [5.74, 6) is -1.30. The summed E-state index contributed by atoms with van der Waals surface area (Å²) >= 11 is 0. The van der Waals surface area contributed by atoms with E-state index in [4.69, 9.17) is 41.9 Å². The Balaban J connectivity index is 1.17. The van der Waals surface area contributed by atoms with E-state index in [1.165, 1.54) is 12.1 Å². The second-order valence-corrected chi connectivity index (χ2v) is 14.1. The summed E-state index contributed by atoms with van der Waals surface area (Å²) in [4.78, 5) is 74.6. The third-order valence-corrected chi connectivity index (χ3v) is 9.80. The minimum Gasteiger partial charge on any atom is -0.456 e. The Labute approximate surface area is 359 Å². The van der Waals surface area contributed by atoms with E-state index in [0.29, 0.717) is 22.3 Å². The van der Waals surface area contributed by atoms with Gasteiger partial charge in [-0.1, -0.05) is 54.6 Å². The van der Waals surface area contributed by atoms with Crippen molar-refractivity contribution in [1.29, 1.82) is 0 Å². The maximum Gasteiger partial charge on any atom is 0.413 e. The summed E-state index contributed by atoms with van der Waals surface area (Å²) in [5, 5.41) is 10.7. The summed E-state index contributed by atoms with van der Waals surface area (Å²) in [6.45, 7) is 0.0142. The summed E-state index contributed by atoms with van der Waals surface area (Å²) in [7, 11) is 0. The Bertz CT molecular complexity index is 2450. The van der Waals surface area contributed by atoms with Crippen molar-refractivity contribution in [3.63, 3.8) is 0 Å². The van der Waals surface area contributed by atoms with Gasteiger partial charge in [-0.25, -0.2) is 14.4 Å². The quantitative estimate of drug-likeness (QED) is 0.0449. The minimum atomic E-state index is -1.50. The summed E-state index contributed by atoms with van der Waals surface area (Å²) in [5.41, 5.74) is 22.8. The molecule has 0 saturated heterocycles. The maximum absolute atomic E-state index is 13.8. The fourth-order valence-electron chi connectivity index (χ4n) is 7.01. The molecule has 0 saturated carbocycles. The van der Waals surface area contributed by atoms with Gasteiger partial charge in [0.05, 0.1) is 5.56 Å². The number of carbonyl (C=O) groups is 5. The number of fused-ring (bicyclic) bond motifs is 6. The van der Waals surface area contributed by atoms with E-state index in [0.717, 1.165) is 0 Å². The largest absolute Gasteiger partial charge is 0.456 e. The first-order valence-corrected chi connectivity index (χ1v) is 19.5. The van der Waals surface area contributed by atoms with Crippen LogP contribution in [-0.4, -0.2) is 67.1 Å². The average Bonchev–Trinajstić information content (AvgIpc) is 3.55. The molecule has 2 aliphatic heterocycles. The molecule has 2 unspecified atom stereocenters. The number of nitrogens with two attached hydrogens (primary N) is 4. The van der Waals surface area contributed by atoms with Crippen LogP contribution in [0.2, 0.25) is 0 Å². The van der Waals surface area contributed by atoms with Gasteiger partial charge in [-0.05, 0) is 67.4 Å². The van der Waals surface area contributed by atoms with Crippen LogP contribution < -0.4 is 58.4 Å². The number of amides is 4. The molecule has 7 rings (SSSR count). The number of nitrogens with one attached hydrogen (secondary N) is 4. The number of hydrogen-bond acceptors (Lipinski definition) is 11. The van der Waals surface area contributed by atoms with Crippen molar-refractivity contribution in [3.8, 4) is 23.0 Å². The van der Waals surface area contributed by atoms with Gasteiger partial charge in [-0.3, -0.25) is 19.6 Å². The highest BCUT2D eigenvalue weighted by molar-refractivity contribution is 5.99. The minimum absolute atomic E-state index is 0.00561. The van der Waals surface area contributed by atoms with Gasteiger partial charge in [-0.2, -0.15) is 0 Å². The van der Waals surface area contributed by atoms with Gasteiger partial charge in [0.2, 0.25) is 11.8 Å². The van der Waals surface area contributed by atoms with Crippen molar-refractivity contribution in [3.05, 3.63) is 144 Å². The first kappa shape index (κ1) is 42.5. The fourth-order valence-corrected chi connectivity index (χ4v) is 7.01. The molecule has 19 nitrogen and oxygen atoms in total. The molecule has 5 aromatic carbocycles. The van der Waals surface area contributed by atoms with Crippen LogP contribution in [0, 0.1) is 0 Å². The highest BCUT2D eigenvalue weighted by Gasteiger charge is 2.53. The standard InChI is InChI=1S/C44H42N10O9/c45-40(46)49-21-19-33(53-42(58)60-27-9-3-1-4-10-27)37(55)51-25-15-17-31-35(23-25)62-36-24-26(16-18-32(36)44(31)30-14-8-7-13-29(30)39(57)63-44)52-38(56)34(20-22-50-41(47)48)54-43(59)61-28-11-5-2-6-12-28/h1-18,23-24,33-34H,19-22H2,(H,51,55)(H,52,56)(H,53,58)(H,54,59)(H4,45,46,49)(H4,47,48,50). The van der Waals surface area contributed by atoms with Crippen molar-refractivity contribution >= 4 is 53.3 Å². The molecule has 2 atom stereocenters. The van der Waals surface area contributed by atoms with E-state index < -0.39 is 47.7 Å². The number of rotatable bonds is 14. The highest BCUT2D eigenvalue weighted by atomic mass is 16.6. The molecular weight excluding hydrogens is 813 g/mol. The summed E-state index contributed by atoms with van der Waals surface area (Å²) in [6, 6.07) is 30.8. The molecule has 19 heteroatoms. The maximum atomic E-state index is 13.8. The lowest BCUT2D eigenvalue weighted by Crippen LogP contribution is -2.45. The summed E-state index contributed by atoms with van der Waals surface area (Å²) < 4.78 is 23.4. The van der Waals surface area contributed by atoms with Crippen LogP contribution in [-0.2, 0) is 19.9 Å². The number of carbonyl (C=O) groups excluding carboxylic acids is 5. The van der Waals surface area contributed by atoms with Gasteiger partial charge < -0.3 is 63.1 Å². The Kier molecular flexibility index (Phi) is 12.7. The molecule has 0 fully saturated rings. The first-order chi connectivity index (χ1) is 30.4. The van der Waals surface area contributed by atoms with Crippen molar-refractivity contribution in [2.45, 2.75) is 30.5 Å². The van der Waals surface area contributed by atoms with Crippen molar-refractivity contribution in [2.75, 3.05) is 23.7 Å². The molecule has 2 aliphatic rings. The second kappa shape index (κ2) is 18.8. The van der Waals surface area contributed by atoms with Crippen molar-refractivity contribution < 1.29 is 42.9 Å². The lowest BCUT2D eigenvalue weighted by molar-refractivity contribution is -0.118. The number of para-hydroxylation sites is 2.